The summed E-state index contributed by atoms with van der Waals surface area (Å²) in [6, 6.07) is 8.56. The zero-order valence-corrected chi connectivity index (χ0v) is 18.1. The van der Waals surface area contributed by atoms with E-state index in [4.69, 9.17) is 9.47 Å². The number of hydrogen-bond acceptors (Lipinski definition) is 5. The summed E-state index contributed by atoms with van der Waals surface area (Å²) in [4.78, 5) is 20.7. The summed E-state index contributed by atoms with van der Waals surface area (Å²) in [5.41, 5.74) is 1.68. The van der Waals surface area contributed by atoms with Crippen LogP contribution in [0.1, 0.15) is 48.9 Å². The number of nitrogens with zero attached hydrogens (tertiary/aromatic N) is 3. The minimum absolute atomic E-state index is 0.158. The molecule has 5 rings (SSSR count). The first-order valence-electron chi connectivity index (χ1n) is 11.9. The normalized spacial score (nSPS) is 30.7. The van der Waals surface area contributed by atoms with E-state index in [0.717, 1.165) is 50.5 Å². The molecule has 1 saturated carbocycles. The average Bonchev–Trinajstić information content (AvgIpc) is 3.34. The maximum Gasteiger partial charge on any atom is 0.256 e. The quantitative estimate of drug-likeness (QED) is 0.763. The second-order valence-electron chi connectivity index (χ2n) is 9.26. The molecule has 3 saturated heterocycles. The summed E-state index contributed by atoms with van der Waals surface area (Å²) in [6.45, 7) is 7.56. The van der Waals surface area contributed by atoms with Gasteiger partial charge in [-0.3, -0.25) is 9.69 Å². The lowest BCUT2D eigenvalue weighted by atomic mass is 9.78. The SMILES string of the molecule is O=C(c1ccccc1N1CCOCC1)N1CCO[C@@]2(CCCC[C@@H]2N2CCCC2)C1. The van der Waals surface area contributed by atoms with Crippen molar-refractivity contribution in [3.8, 4) is 0 Å². The molecule has 3 aliphatic heterocycles. The summed E-state index contributed by atoms with van der Waals surface area (Å²) < 4.78 is 12.0. The van der Waals surface area contributed by atoms with Crippen molar-refractivity contribution in [1.29, 1.82) is 0 Å². The van der Waals surface area contributed by atoms with Crippen LogP contribution >= 0.6 is 0 Å². The molecule has 1 spiro atoms. The summed E-state index contributed by atoms with van der Waals surface area (Å²) in [5.74, 6) is 0.158. The lowest BCUT2D eigenvalue weighted by Gasteiger charge is -2.52. The van der Waals surface area contributed by atoms with Crippen LogP contribution in [0, 0.1) is 0 Å². The number of hydrogen-bond donors (Lipinski definition) is 0. The first-order chi connectivity index (χ1) is 14.8. The van der Waals surface area contributed by atoms with Gasteiger partial charge in [-0.15, -0.1) is 0 Å². The van der Waals surface area contributed by atoms with Gasteiger partial charge in [-0.2, -0.15) is 0 Å². The first-order valence-corrected chi connectivity index (χ1v) is 11.9. The van der Waals surface area contributed by atoms with Gasteiger partial charge in [0.15, 0.2) is 0 Å². The fourth-order valence-corrected chi connectivity index (χ4v) is 6.00. The number of ether oxygens (including phenoxy) is 2. The molecule has 2 atom stereocenters. The van der Waals surface area contributed by atoms with Gasteiger partial charge >= 0.3 is 0 Å². The van der Waals surface area contributed by atoms with Crippen molar-refractivity contribution in [2.24, 2.45) is 0 Å². The molecule has 1 aliphatic carbocycles. The van der Waals surface area contributed by atoms with E-state index in [1.54, 1.807) is 0 Å². The van der Waals surface area contributed by atoms with Gasteiger partial charge in [-0.05, 0) is 50.9 Å². The Bertz CT molecular complexity index is 741. The van der Waals surface area contributed by atoms with Crippen molar-refractivity contribution in [2.45, 2.75) is 50.2 Å². The Morgan fingerprint density at radius 2 is 1.73 bits per heavy atom. The highest BCUT2D eigenvalue weighted by molar-refractivity contribution is 6.00. The Kier molecular flexibility index (Phi) is 5.98. The third-order valence-corrected chi connectivity index (χ3v) is 7.50. The molecule has 164 valence electrons. The van der Waals surface area contributed by atoms with Crippen LogP contribution < -0.4 is 4.90 Å². The van der Waals surface area contributed by atoms with Crippen LogP contribution in [0.15, 0.2) is 24.3 Å². The predicted molar refractivity (Wildman–Crippen MR) is 117 cm³/mol. The van der Waals surface area contributed by atoms with Gasteiger partial charge in [0.25, 0.3) is 5.91 Å². The van der Waals surface area contributed by atoms with Gasteiger partial charge < -0.3 is 19.3 Å². The molecule has 1 aromatic carbocycles. The standard InChI is InChI=1S/C24H35N3O3/c28-23(20-7-1-2-8-21(20)25-13-16-29-17-14-25)27-15-18-30-24(19-27)10-4-3-9-22(24)26-11-5-6-12-26/h1-2,7-8,22H,3-6,9-19H2/t22-,24-/m0/s1. The van der Waals surface area contributed by atoms with Crippen molar-refractivity contribution in [1.82, 2.24) is 9.80 Å². The average molecular weight is 414 g/mol. The maximum absolute atomic E-state index is 13.7. The Balaban J connectivity index is 1.38. The van der Waals surface area contributed by atoms with Crippen molar-refractivity contribution in [2.75, 3.05) is 64.0 Å². The van der Waals surface area contributed by atoms with Gasteiger partial charge in [0.05, 0.1) is 31.9 Å². The molecule has 1 aromatic rings. The molecule has 0 aromatic heterocycles. The van der Waals surface area contributed by atoms with Crippen LogP contribution in [-0.2, 0) is 9.47 Å². The lowest BCUT2D eigenvalue weighted by molar-refractivity contribution is -0.156. The third kappa shape index (κ3) is 3.85. The summed E-state index contributed by atoms with van der Waals surface area (Å²) in [6.07, 6.45) is 7.34. The molecule has 30 heavy (non-hydrogen) atoms. The van der Waals surface area contributed by atoms with Gasteiger partial charge in [0.1, 0.15) is 5.60 Å². The van der Waals surface area contributed by atoms with E-state index < -0.39 is 0 Å². The van der Waals surface area contributed by atoms with Crippen molar-refractivity contribution >= 4 is 11.6 Å². The van der Waals surface area contributed by atoms with Crippen LogP contribution in [0.4, 0.5) is 5.69 Å². The summed E-state index contributed by atoms with van der Waals surface area (Å²) >= 11 is 0. The number of amides is 1. The molecule has 1 amide bonds. The van der Waals surface area contributed by atoms with E-state index in [0.29, 0.717) is 19.2 Å². The van der Waals surface area contributed by atoms with E-state index >= 15 is 0 Å². The second kappa shape index (κ2) is 8.85. The lowest BCUT2D eigenvalue weighted by Crippen LogP contribution is -2.64. The van der Waals surface area contributed by atoms with E-state index in [2.05, 4.69) is 20.8 Å². The number of benzene rings is 1. The van der Waals surface area contributed by atoms with Crippen LogP contribution in [0.2, 0.25) is 0 Å². The fraction of sp³-hybridized carbons (Fsp3) is 0.708. The minimum atomic E-state index is -0.190. The Hall–Kier alpha value is -1.63. The third-order valence-electron chi connectivity index (χ3n) is 7.50. The van der Waals surface area contributed by atoms with Crippen LogP contribution in [0.3, 0.4) is 0 Å². The number of anilines is 1. The molecule has 3 heterocycles. The molecule has 6 heteroatoms. The van der Waals surface area contributed by atoms with E-state index in [1.807, 2.05) is 18.2 Å². The largest absolute Gasteiger partial charge is 0.378 e. The van der Waals surface area contributed by atoms with Gasteiger partial charge in [0.2, 0.25) is 0 Å². The monoisotopic (exact) mass is 413 g/mol. The van der Waals surface area contributed by atoms with Crippen molar-refractivity contribution in [3.05, 3.63) is 29.8 Å². The van der Waals surface area contributed by atoms with Gasteiger partial charge in [0, 0.05) is 31.4 Å². The Morgan fingerprint density at radius 1 is 0.933 bits per heavy atom. The van der Waals surface area contributed by atoms with Crippen LogP contribution in [0.5, 0.6) is 0 Å². The smallest absolute Gasteiger partial charge is 0.256 e. The number of carbonyl (C=O) groups is 1. The molecule has 6 nitrogen and oxygen atoms in total. The van der Waals surface area contributed by atoms with Crippen LogP contribution in [-0.4, -0.2) is 86.4 Å². The highest BCUT2D eigenvalue weighted by atomic mass is 16.5. The number of likely N-dealkylation sites (tertiary alicyclic amines) is 1. The molecule has 4 fully saturated rings. The molecular weight excluding hydrogens is 378 g/mol. The molecule has 0 N–H and O–H groups in total. The Morgan fingerprint density at radius 3 is 2.57 bits per heavy atom. The summed E-state index contributed by atoms with van der Waals surface area (Å²) in [5, 5.41) is 0. The Labute approximate surface area is 180 Å². The molecule has 4 aliphatic rings. The number of carbonyl (C=O) groups excluding carboxylic acids is 1. The maximum atomic E-state index is 13.7. The predicted octanol–water partition coefficient (Wildman–Crippen LogP) is 2.77. The van der Waals surface area contributed by atoms with E-state index in [-0.39, 0.29) is 11.5 Å². The highest BCUT2D eigenvalue weighted by Crippen LogP contribution is 2.39. The van der Waals surface area contributed by atoms with Crippen LogP contribution in [0.25, 0.3) is 0 Å². The molecule has 0 bridgehead atoms. The first kappa shape index (κ1) is 20.3. The highest BCUT2D eigenvalue weighted by Gasteiger charge is 2.48. The zero-order valence-electron chi connectivity index (χ0n) is 18.1. The second-order valence-corrected chi connectivity index (χ2v) is 9.26. The van der Waals surface area contributed by atoms with E-state index in [1.165, 1.54) is 45.2 Å². The minimum Gasteiger partial charge on any atom is -0.378 e. The van der Waals surface area contributed by atoms with Crippen molar-refractivity contribution in [3.63, 3.8) is 0 Å². The van der Waals surface area contributed by atoms with Gasteiger partial charge in [-0.25, -0.2) is 0 Å². The number of rotatable bonds is 3. The zero-order chi connectivity index (χ0) is 20.4. The molecular formula is C24H35N3O3. The fourth-order valence-electron chi connectivity index (χ4n) is 6.00. The number of morpholine rings is 2. The topological polar surface area (TPSA) is 45.3 Å². The number of para-hydroxylation sites is 1. The van der Waals surface area contributed by atoms with E-state index in [9.17, 15) is 4.79 Å². The summed E-state index contributed by atoms with van der Waals surface area (Å²) in [7, 11) is 0. The van der Waals surface area contributed by atoms with Gasteiger partial charge in [-0.1, -0.05) is 25.0 Å². The van der Waals surface area contributed by atoms with Crippen molar-refractivity contribution < 1.29 is 14.3 Å². The molecule has 0 unspecified atom stereocenters. The molecule has 0 radical (unpaired) electrons.